The first-order valence-electron chi connectivity index (χ1n) is 27.5. The molecule has 4 aliphatic heterocycles. The smallest absolute Gasteiger partial charge is 0.317 e. The average molecular weight is 1180 g/mol. The molecule has 2 aromatic heterocycles. The third-order valence-corrected chi connectivity index (χ3v) is 17.0. The maximum Gasteiger partial charge on any atom is 0.317 e. The molecule has 4 unspecified atom stereocenters. The summed E-state index contributed by atoms with van der Waals surface area (Å²) in [6, 6.07) is 45.9. The first kappa shape index (κ1) is 63.9. The van der Waals surface area contributed by atoms with Crippen LogP contribution in [0, 0.1) is 0 Å². The zero-order valence-electron chi connectivity index (χ0n) is 45.5. The summed E-state index contributed by atoms with van der Waals surface area (Å²) in [4.78, 5) is 66.3. The third-order valence-electron chi connectivity index (χ3n) is 17.0. The van der Waals surface area contributed by atoms with Crippen LogP contribution in [0.4, 0.5) is 11.4 Å². The number of hydrogen-bond acceptors (Lipinski definition) is 11. The van der Waals surface area contributed by atoms with Gasteiger partial charge in [-0.05, 0) is 134 Å². The number of amides is 3. The number of nitrogens with one attached hydrogen (secondary N) is 3. The van der Waals surface area contributed by atoms with Crippen molar-refractivity contribution in [2.24, 2.45) is 5.73 Å². The fourth-order valence-electron chi connectivity index (χ4n) is 12.8. The largest absolute Gasteiger partial charge is 0.480 e. The van der Waals surface area contributed by atoms with Gasteiger partial charge in [0.2, 0.25) is 17.7 Å². The summed E-state index contributed by atoms with van der Waals surface area (Å²) in [6.07, 6.45) is 16.2. The van der Waals surface area contributed by atoms with E-state index in [9.17, 15) is 19.2 Å². The van der Waals surface area contributed by atoms with Crippen molar-refractivity contribution in [1.29, 1.82) is 0 Å². The molecule has 2 aliphatic carbocycles. The summed E-state index contributed by atoms with van der Waals surface area (Å²) < 4.78 is 0. The van der Waals surface area contributed by atoms with Crippen molar-refractivity contribution in [1.82, 2.24) is 35.7 Å². The lowest BCUT2D eigenvalue weighted by Gasteiger charge is -2.43. The number of rotatable bonds is 11. The first-order chi connectivity index (χ1) is 37.6. The van der Waals surface area contributed by atoms with Crippen LogP contribution in [0.25, 0.3) is 0 Å². The number of pyridine rings is 2. The summed E-state index contributed by atoms with van der Waals surface area (Å²) in [5, 5.41) is 18.3. The molecule has 0 radical (unpaired) electrons. The van der Waals surface area contributed by atoms with Gasteiger partial charge in [-0.3, -0.25) is 38.9 Å². The van der Waals surface area contributed by atoms with E-state index < -0.39 is 17.0 Å². The number of carboxylic acid groups (broad SMARTS) is 1. The number of para-hydroxylation sites is 2. The summed E-state index contributed by atoms with van der Waals surface area (Å²) in [5.74, 6) is 0.0587. The van der Waals surface area contributed by atoms with Crippen LogP contribution in [-0.2, 0) is 44.9 Å². The highest BCUT2D eigenvalue weighted by molar-refractivity contribution is 5.94. The standard InChI is InChI=1S/C31H35N5O2.C16H18N2.C15H19N3O3.4ClH/c37-29(21-35-17-14-31(15-18-35)30(38)33-22-36(31)25-9-2-1-3-10-25)34-28-13-12-24-8-4-5-11-26(24)27(28)19-23-7-6-16-32-20-23;17-16-8-7-13-5-1-2-6-14(13)15(16)10-12-4-3-9-18-11-12;19-13(20)10-17-8-6-15(7-9-17)14(21)16-11-18(15)12-4-2-1-3-5-12;;;;/h1-11,16,20,27-28H,12-15,17-19,21-22H2,(H,33,38)(H,34,37);1-6,9,11,15-16H,7-8,10,17H2;1-5H,6-11H2,(H,16,21)(H,19,20);4*1H. The Labute approximate surface area is 500 Å². The maximum absolute atomic E-state index is 13.3. The Morgan fingerprint density at radius 1 is 0.568 bits per heavy atom. The van der Waals surface area contributed by atoms with E-state index in [-0.39, 0.29) is 91.9 Å². The molecule has 4 aromatic carbocycles. The Hall–Kier alpha value is -6.30. The van der Waals surface area contributed by atoms with Crippen molar-refractivity contribution in [2.75, 3.05) is 62.4 Å². The topological polar surface area (TPSA) is 189 Å². The molecule has 0 bridgehead atoms. The lowest BCUT2D eigenvalue weighted by molar-refractivity contribution is -0.139. The van der Waals surface area contributed by atoms with Crippen LogP contribution in [0.3, 0.4) is 0 Å². The molecular formula is C62H76Cl4N10O5. The average Bonchev–Trinajstić information content (AvgIpc) is 4.19. The fraction of sp³-hybridized carbons (Fsp3) is 0.387. The molecule has 6 aromatic rings. The van der Waals surface area contributed by atoms with Crippen molar-refractivity contribution in [3.63, 3.8) is 0 Å². The van der Waals surface area contributed by atoms with E-state index in [0.29, 0.717) is 64.6 Å². The number of aliphatic carboxylic acids is 1. The summed E-state index contributed by atoms with van der Waals surface area (Å²) in [5.41, 5.74) is 15.4. The van der Waals surface area contributed by atoms with Gasteiger partial charge >= 0.3 is 5.97 Å². The molecule has 4 fully saturated rings. The minimum absolute atomic E-state index is 0. The van der Waals surface area contributed by atoms with Crippen molar-refractivity contribution in [2.45, 2.75) is 99.2 Å². The number of carbonyl (C=O) groups is 4. The fourth-order valence-corrected chi connectivity index (χ4v) is 12.8. The van der Waals surface area contributed by atoms with E-state index in [1.165, 1.54) is 33.4 Å². The highest BCUT2D eigenvalue weighted by atomic mass is 35.5. The van der Waals surface area contributed by atoms with Crippen LogP contribution in [0.15, 0.2) is 158 Å². The number of anilines is 2. The van der Waals surface area contributed by atoms with Crippen LogP contribution >= 0.6 is 49.6 Å². The number of piperidine rings is 2. The number of fused-ring (bicyclic) bond motifs is 2. The normalized spacial score (nSPS) is 21.2. The number of carbonyl (C=O) groups excluding carboxylic acids is 3. The number of aromatic nitrogens is 2. The molecule has 0 saturated carbocycles. The van der Waals surface area contributed by atoms with Crippen LogP contribution in [0.1, 0.15) is 83.7 Å². The Morgan fingerprint density at radius 2 is 1.00 bits per heavy atom. The molecule has 2 spiro atoms. The number of aryl methyl sites for hydroxylation is 2. The summed E-state index contributed by atoms with van der Waals surface area (Å²) >= 11 is 0. The minimum Gasteiger partial charge on any atom is -0.480 e. The quantitative estimate of drug-likeness (QED) is 0.0839. The molecule has 4 saturated heterocycles. The molecule has 6 aliphatic rings. The second kappa shape index (κ2) is 29.6. The Kier molecular flexibility index (Phi) is 23.3. The lowest BCUT2D eigenvalue weighted by Crippen LogP contribution is -2.57. The molecule has 81 heavy (non-hydrogen) atoms. The van der Waals surface area contributed by atoms with Crippen molar-refractivity contribution < 1.29 is 24.3 Å². The van der Waals surface area contributed by atoms with Crippen LogP contribution in [0.2, 0.25) is 0 Å². The van der Waals surface area contributed by atoms with Crippen molar-refractivity contribution in [3.8, 4) is 0 Å². The number of nitrogens with two attached hydrogens (primary N) is 1. The van der Waals surface area contributed by atoms with Gasteiger partial charge in [0.1, 0.15) is 11.1 Å². The minimum atomic E-state index is -0.818. The zero-order chi connectivity index (χ0) is 53.2. The number of hydrogen-bond donors (Lipinski definition) is 5. The van der Waals surface area contributed by atoms with Gasteiger partial charge in [-0.25, -0.2) is 0 Å². The molecule has 432 valence electrons. The van der Waals surface area contributed by atoms with Crippen molar-refractivity contribution in [3.05, 3.63) is 192 Å². The van der Waals surface area contributed by atoms with Crippen LogP contribution in [-0.4, -0.2) is 124 Å². The number of halogens is 4. The second-order valence-corrected chi connectivity index (χ2v) is 21.5. The predicted octanol–water partition coefficient (Wildman–Crippen LogP) is 8.14. The molecule has 15 nitrogen and oxygen atoms in total. The number of carboxylic acids is 1. The van der Waals surface area contributed by atoms with Gasteiger partial charge in [-0.15, -0.1) is 49.6 Å². The number of likely N-dealkylation sites (tertiary alicyclic amines) is 2. The van der Waals surface area contributed by atoms with Gasteiger partial charge in [0.25, 0.3) is 0 Å². The van der Waals surface area contributed by atoms with Gasteiger partial charge in [-0.1, -0.05) is 97.1 Å². The van der Waals surface area contributed by atoms with Gasteiger partial charge < -0.3 is 36.6 Å². The van der Waals surface area contributed by atoms with Gasteiger partial charge in [0, 0.05) is 86.3 Å². The van der Waals surface area contributed by atoms with Gasteiger partial charge in [-0.2, -0.15) is 0 Å². The third kappa shape index (κ3) is 14.9. The lowest BCUT2D eigenvalue weighted by atomic mass is 9.76. The van der Waals surface area contributed by atoms with E-state index in [4.69, 9.17) is 10.8 Å². The Balaban J connectivity index is 0.000000209. The SMILES string of the molecule is Cl.Cl.Cl.Cl.NC1CCc2ccccc2C1Cc1cccnc1.O=C(CN1CCC2(CC1)C(=O)NCN2c1ccccc1)NC1CCc2ccccc2C1Cc1cccnc1.O=C(O)CN1CCC2(CC1)C(=O)NCN2c1ccccc1. The first-order valence-corrected chi connectivity index (χ1v) is 27.5. The van der Waals surface area contributed by atoms with Gasteiger partial charge in [0.15, 0.2) is 0 Å². The van der Waals surface area contributed by atoms with Gasteiger partial charge in [0.05, 0.1) is 26.4 Å². The second-order valence-electron chi connectivity index (χ2n) is 21.5. The maximum atomic E-state index is 13.3. The molecular weight excluding hydrogens is 1110 g/mol. The van der Waals surface area contributed by atoms with E-state index in [1.54, 1.807) is 6.20 Å². The molecule has 19 heteroatoms. The molecule has 4 atom stereocenters. The molecule has 12 rings (SSSR count). The van der Waals surface area contributed by atoms with Crippen LogP contribution in [0.5, 0.6) is 0 Å². The van der Waals surface area contributed by atoms with E-state index in [2.05, 4.69) is 113 Å². The summed E-state index contributed by atoms with van der Waals surface area (Å²) in [7, 11) is 0. The highest BCUT2D eigenvalue weighted by Gasteiger charge is 2.51. The molecule has 3 amide bonds. The zero-order valence-corrected chi connectivity index (χ0v) is 48.8. The van der Waals surface area contributed by atoms with E-state index >= 15 is 0 Å². The number of nitrogens with zero attached hydrogens (tertiary/aromatic N) is 6. The highest BCUT2D eigenvalue weighted by Crippen LogP contribution is 2.39. The summed E-state index contributed by atoms with van der Waals surface area (Å²) in [6.45, 7) is 4.15. The van der Waals surface area contributed by atoms with E-state index in [0.717, 1.165) is 63.0 Å². The Morgan fingerprint density at radius 3 is 1.47 bits per heavy atom. The molecule has 6 heterocycles. The monoisotopic (exact) mass is 1180 g/mol. The van der Waals surface area contributed by atoms with E-state index in [1.807, 2.05) is 84.2 Å². The number of benzene rings is 4. The van der Waals surface area contributed by atoms with Crippen LogP contribution < -0.4 is 31.5 Å². The molecule has 6 N–H and O–H groups in total. The Bertz CT molecular complexity index is 2960. The predicted molar refractivity (Wildman–Crippen MR) is 328 cm³/mol. The van der Waals surface area contributed by atoms with Crippen molar-refractivity contribution >= 4 is 84.7 Å².